The van der Waals surface area contributed by atoms with Gasteiger partial charge in [-0.25, -0.2) is 4.79 Å². The number of carbonyl (C=O) groups excluding carboxylic acids is 3. The molecule has 0 saturated heterocycles. The molecule has 5 nitrogen and oxygen atoms in total. The van der Waals surface area contributed by atoms with Crippen molar-refractivity contribution in [2.75, 3.05) is 0 Å². The average molecular weight is 417 g/mol. The number of fused-ring (bicyclic) bond motifs is 3. The van der Waals surface area contributed by atoms with Crippen molar-refractivity contribution in [3.05, 3.63) is 57.6 Å². The SMILES string of the molecule is CCC(C)C=CC1=CC2=C(Cl)C(=O)C3(C)OC(=O)C(C(=O)C(C)CC)=C3C2=CO1. The smallest absolute Gasteiger partial charge is 0.343 e. The molecule has 0 radical (unpaired) electrons. The Bertz CT molecular complexity index is 946. The van der Waals surface area contributed by atoms with E-state index in [-0.39, 0.29) is 27.9 Å². The number of ketones is 2. The van der Waals surface area contributed by atoms with Gasteiger partial charge in [0.1, 0.15) is 11.3 Å². The zero-order chi connectivity index (χ0) is 21.5. The second-order valence-electron chi connectivity index (χ2n) is 7.84. The minimum Gasteiger partial charge on any atom is -0.464 e. The van der Waals surface area contributed by atoms with E-state index in [2.05, 4.69) is 13.8 Å². The minimum absolute atomic E-state index is 0.0368. The summed E-state index contributed by atoms with van der Waals surface area (Å²) in [6.45, 7) is 9.26. The van der Waals surface area contributed by atoms with Gasteiger partial charge in [0.25, 0.3) is 0 Å². The van der Waals surface area contributed by atoms with Gasteiger partial charge in [0, 0.05) is 22.6 Å². The van der Waals surface area contributed by atoms with Crippen LogP contribution in [0.25, 0.3) is 0 Å². The van der Waals surface area contributed by atoms with E-state index in [1.807, 2.05) is 19.1 Å². The van der Waals surface area contributed by atoms with Crippen LogP contribution in [0.2, 0.25) is 0 Å². The lowest BCUT2D eigenvalue weighted by Crippen LogP contribution is -2.42. The van der Waals surface area contributed by atoms with Gasteiger partial charge in [-0.05, 0) is 31.4 Å². The molecule has 3 atom stereocenters. The summed E-state index contributed by atoms with van der Waals surface area (Å²) in [7, 11) is 0. The molecule has 0 aromatic rings. The number of rotatable bonds is 6. The fourth-order valence-electron chi connectivity index (χ4n) is 3.47. The molecule has 154 valence electrons. The molecular formula is C23H25ClO5. The maximum atomic E-state index is 13.0. The number of allylic oxidation sites excluding steroid dienone is 4. The van der Waals surface area contributed by atoms with E-state index in [1.165, 1.54) is 13.2 Å². The number of hydrogen-bond acceptors (Lipinski definition) is 5. The summed E-state index contributed by atoms with van der Waals surface area (Å²) in [5.41, 5.74) is -0.581. The minimum atomic E-state index is -1.62. The summed E-state index contributed by atoms with van der Waals surface area (Å²) in [6.07, 6.45) is 8.49. The Morgan fingerprint density at radius 1 is 1.24 bits per heavy atom. The third-order valence-electron chi connectivity index (χ3n) is 5.80. The van der Waals surface area contributed by atoms with Gasteiger partial charge in [0.2, 0.25) is 5.78 Å². The molecule has 0 aromatic heterocycles. The van der Waals surface area contributed by atoms with Crippen LogP contribution in [0, 0.1) is 11.8 Å². The van der Waals surface area contributed by atoms with E-state index in [0.717, 1.165) is 6.42 Å². The van der Waals surface area contributed by atoms with E-state index in [9.17, 15) is 14.4 Å². The van der Waals surface area contributed by atoms with Crippen LogP contribution in [0.1, 0.15) is 47.5 Å². The molecule has 0 saturated carbocycles. The van der Waals surface area contributed by atoms with Crippen molar-refractivity contribution < 1.29 is 23.9 Å². The third-order valence-corrected chi connectivity index (χ3v) is 6.17. The number of ether oxygens (including phenoxy) is 2. The van der Waals surface area contributed by atoms with Crippen LogP contribution in [0.15, 0.2) is 57.6 Å². The van der Waals surface area contributed by atoms with Crippen LogP contribution >= 0.6 is 11.6 Å². The van der Waals surface area contributed by atoms with Crippen molar-refractivity contribution in [2.24, 2.45) is 11.8 Å². The Labute approximate surface area is 175 Å². The standard InChI is InChI=1S/C23H25ClO5/c1-6-12(3)8-9-14-10-15-16(11-28-14)18-17(20(25)13(4)7-2)22(27)29-23(18,5)21(26)19(15)24/h8-13H,6-7H2,1-5H3. The number of halogens is 1. The highest BCUT2D eigenvalue weighted by Gasteiger charge is 2.57. The fraction of sp³-hybridized carbons (Fsp3) is 0.435. The van der Waals surface area contributed by atoms with Crippen molar-refractivity contribution in [1.82, 2.24) is 0 Å². The normalized spacial score (nSPS) is 25.9. The Hall–Kier alpha value is -2.40. The van der Waals surface area contributed by atoms with Crippen molar-refractivity contribution in [2.45, 2.75) is 53.1 Å². The van der Waals surface area contributed by atoms with Gasteiger partial charge in [0.15, 0.2) is 11.4 Å². The molecule has 0 N–H and O–H groups in total. The van der Waals surface area contributed by atoms with Crippen LogP contribution in [-0.4, -0.2) is 23.1 Å². The van der Waals surface area contributed by atoms with E-state index >= 15 is 0 Å². The zero-order valence-electron chi connectivity index (χ0n) is 17.3. The molecule has 3 unspecified atom stereocenters. The molecule has 2 aliphatic heterocycles. The van der Waals surface area contributed by atoms with E-state index in [0.29, 0.717) is 29.2 Å². The summed E-state index contributed by atoms with van der Waals surface area (Å²) in [4.78, 5) is 38.5. The van der Waals surface area contributed by atoms with Gasteiger partial charge in [-0.2, -0.15) is 0 Å². The Morgan fingerprint density at radius 3 is 2.55 bits per heavy atom. The van der Waals surface area contributed by atoms with E-state index < -0.39 is 17.4 Å². The largest absolute Gasteiger partial charge is 0.464 e. The Morgan fingerprint density at radius 2 is 1.93 bits per heavy atom. The molecular weight excluding hydrogens is 392 g/mol. The summed E-state index contributed by atoms with van der Waals surface area (Å²) < 4.78 is 11.1. The van der Waals surface area contributed by atoms with Crippen LogP contribution < -0.4 is 0 Å². The predicted molar refractivity (Wildman–Crippen MR) is 110 cm³/mol. The first-order valence-electron chi connectivity index (χ1n) is 9.89. The third kappa shape index (κ3) is 3.42. The molecule has 2 heterocycles. The first kappa shape index (κ1) is 21.3. The lowest BCUT2D eigenvalue weighted by molar-refractivity contribution is -0.153. The van der Waals surface area contributed by atoms with Crippen molar-refractivity contribution in [3.8, 4) is 0 Å². The van der Waals surface area contributed by atoms with Crippen molar-refractivity contribution in [1.29, 1.82) is 0 Å². The number of hydrogen-bond donors (Lipinski definition) is 0. The molecule has 0 bridgehead atoms. The molecule has 1 aliphatic carbocycles. The predicted octanol–water partition coefficient (Wildman–Crippen LogP) is 4.69. The molecule has 3 aliphatic rings. The van der Waals surface area contributed by atoms with Crippen LogP contribution in [0.3, 0.4) is 0 Å². The summed E-state index contributed by atoms with van der Waals surface area (Å²) in [5.74, 6) is -1.15. The van der Waals surface area contributed by atoms with Crippen LogP contribution in [0.5, 0.6) is 0 Å². The molecule has 29 heavy (non-hydrogen) atoms. The average Bonchev–Trinajstić information content (AvgIpc) is 3.00. The van der Waals surface area contributed by atoms with Gasteiger partial charge in [-0.1, -0.05) is 51.8 Å². The fourth-order valence-corrected chi connectivity index (χ4v) is 3.81. The summed E-state index contributed by atoms with van der Waals surface area (Å²) in [5, 5.41) is -0.0368. The van der Waals surface area contributed by atoms with Gasteiger partial charge >= 0.3 is 5.97 Å². The molecule has 0 spiro atoms. The highest BCUT2D eigenvalue weighted by molar-refractivity contribution is 6.46. The zero-order valence-corrected chi connectivity index (χ0v) is 18.1. The molecule has 3 rings (SSSR count). The van der Waals surface area contributed by atoms with Crippen LogP contribution in [0.4, 0.5) is 0 Å². The highest BCUT2D eigenvalue weighted by atomic mass is 35.5. The van der Waals surface area contributed by atoms with Gasteiger partial charge in [-0.15, -0.1) is 0 Å². The first-order chi connectivity index (χ1) is 13.7. The number of Topliss-reactive ketones (excluding diaryl/α,β-unsaturated/α-hetero) is 2. The van der Waals surface area contributed by atoms with Crippen LogP contribution in [-0.2, 0) is 23.9 Å². The topological polar surface area (TPSA) is 69.7 Å². The maximum Gasteiger partial charge on any atom is 0.343 e. The summed E-state index contributed by atoms with van der Waals surface area (Å²) >= 11 is 6.38. The van der Waals surface area contributed by atoms with Gasteiger partial charge in [0.05, 0.1) is 11.3 Å². The van der Waals surface area contributed by atoms with Gasteiger partial charge < -0.3 is 9.47 Å². The second-order valence-corrected chi connectivity index (χ2v) is 8.22. The Kier molecular flexibility index (Phi) is 5.72. The molecule has 0 fully saturated rings. The van der Waals surface area contributed by atoms with E-state index in [4.69, 9.17) is 21.1 Å². The van der Waals surface area contributed by atoms with E-state index in [1.54, 1.807) is 13.0 Å². The Balaban J connectivity index is 2.15. The quantitative estimate of drug-likeness (QED) is 0.464. The van der Waals surface area contributed by atoms with Gasteiger partial charge in [-0.3, -0.25) is 9.59 Å². The number of esters is 1. The first-order valence-corrected chi connectivity index (χ1v) is 10.3. The second kappa shape index (κ2) is 7.79. The van der Waals surface area contributed by atoms with Crippen molar-refractivity contribution >= 4 is 29.1 Å². The van der Waals surface area contributed by atoms with Crippen molar-refractivity contribution in [3.63, 3.8) is 0 Å². The molecule has 0 amide bonds. The summed E-state index contributed by atoms with van der Waals surface area (Å²) in [6, 6.07) is 0. The molecule has 0 aromatic carbocycles. The highest BCUT2D eigenvalue weighted by Crippen LogP contribution is 2.49. The monoisotopic (exact) mass is 416 g/mol. The lowest BCUT2D eigenvalue weighted by atomic mass is 9.75. The molecule has 6 heteroatoms. The maximum absolute atomic E-state index is 13.0. The number of carbonyl (C=O) groups is 3. The lowest BCUT2D eigenvalue weighted by Gasteiger charge is -2.33.